The number of benzene rings is 4. The summed E-state index contributed by atoms with van der Waals surface area (Å²) in [6.07, 6.45) is -2.37. The van der Waals surface area contributed by atoms with Crippen molar-refractivity contribution in [2.24, 2.45) is 4.52 Å². The van der Waals surface area contributed by atoms with Crippen LogP contribution in [0.25, 0.3) is 0 Å². The molecule has 0 amide bonds. The molecule has 0 fully saturated rings. The molecule has 0 spiro atoms. The molecule has 0 aliphatic rings. The predicted molar refractivity (Wildman–Crippen MR) is 139 cm³/mol. The van der Waals surface area contributed by atoms with E-state index in [-0.39, 0.29) is 0 Å². The highest BCUT2D eigenvalue weighted by Gasteiger charge is 2.34. The molecule has 0 saturated heterocycles. The van der Waals surface area contributed by atoms with Crippen LogP contribution in [0, 0.1) is 0 Å². The molecule has 4 aromatic rings. The lowest BCUT2D eigenvalue weighted by Gasteiger charge is -2.28. The summed E-state index contributed by atoms with van der Waals surface area (Å²) < 4.78 is 20.3. The molecule has 0 aliphatic heterocycles. The van der Waals surface area contributed by atoms with Gasteiger partial charge in [0, 0.05) is 21.2 Å². The molecule has 4 aromatic carbocycles. The van der Waals surface area contributed by atoms with Crippen molar-refractivity contribution in [1.29, 1.82) is 0 Å². The quantitative estimate of drug-likeness (QED) is 0.297. The van der Waals surface area contributed by atoms with Crippen LogP contribution < -0.4 is 21.2 Å². The van der Waals surface area contributed by atoms with Gasteiger partial charge in [0.1, 0.15) is 0 Å². The maximum atomic E-state index is 14.9. The van der Waals surface area contributed by atoms with Crippen molar-refractivity contribution < 1.29 is 4.57 Å². The Kier molecular flexibility index (Phi) is 6.98. The van der Waals surface area contributed by atoms with Gasteiger partial charge >= 0.3 is 0 Å². The highest BCUT2D eigenvalue weighted by molar-refractivity contribution is 8.63. The molecule has 31 heavy (non-hydrogen) atoms. The fourth-order valence-corrected chi connectivity index (χ4v) is 14.6. The molecule has 4 rings (SSSR count). The molecule has 0 aromatic heterocycles. The average Bonchev–Trinajstić information content (AvgIpc) is 2.86. The van der Waals surface area contributed by atoms with Gasteiger partial charge in [-0.15, -0.1) is 11.4 Å². The van der Waals surface area contributed by atoms with E-state index < -0.39 is 13.5 Å². The Bertz CT molecular complexity index is 1130. The number of hydrogen-bond acceptors (Lipinski definition) is 2. The summed E-state index contributed by atoms with van der Waals surface area (Å²) in [7, 11) is -3.25. The van der Waals surface area contributed by atoms with E-state index in [1.807, 2.05) is 84.2 Å². The van der Waals surface area contributed by atoms with E-state index in [1.165, 1.54) is 0 Å². The molecule has 0 saturated carbocycles. The van der Waals surface area contributed by atoms with Gasteiger partial charge in [0.05, 0.1) is 6.26 Å². The van der Waals surface area contributed by atoms with Crippen molar-refractivity contribution >= 4 is 46.1 Å². The van der Waals surface area contributed by atoms with Gasteiger partial charge in [-0.3, -0.25) is 4.57 Å². The van der Waals surface area contributed by atoms with E-state index in [0.29, 0.717) is 0 Å². The fraction of sp³-hybridized carbons (Fsp3) is 0.0769. The van der Waals surface area contributed by atoms with Crippen LogP contribution in [-0.2, 0) is 4.57 Å². The predicted octanol–water partition coefficient (Wildman–Crippen LogP) is 6.44. The second-order valence-corrected chi connectivity index (χ2v) is 15.3. The molecule has 0 radical (unpaired) electrons. The van der Waals surface area contributed by atoms with Crippen LogP contribution in [0.2, 0.25) is 0 Å². The van der Waals surface area contributed by atoms with E-state index in [9.17, 15) is 4.57 Å². The van der Waals surface area contributed by atoms with Crippen LogP contribution in [0.4, 0.5) is 0 Å². The van der Waals surface area contributed by atoms with Crippen molar-refractivity contribution in [1.82, 2.24) is 0 Å². The summed E-state index contributed by atoms with van der Waals surface area (Å²) in [6.45, 7) is 2.15. The van der Waals surface area contributed by atoms with Gasteiger partial charge < -0.3 is 0 Å². The van der Waals surface area contributed by atoms with Gasteiger partial charge in [-0.1, -0.05) is 104 Å². The normalized spacial score (nSPS) is 11.8. The molecule has 156 valence electrons. The maximum absolute atomic E-state index is 14.9. The van der Waals surface area contributed by atoms with Gasteiger partial charge in [0.25, 0.3) is 0 Å². The topological polar surface area (TPSA) is 29.4 Å². The molecule has 0 bridgehead atoms. The molecule has 0 N–H and O–H groups in total. The first-order chi connectivity index (χ1) is 15.2. The first-order valence-corrected chi connectivity index (χ1v) is 15.3. The van der Waals surface area contributed by atoms with Gasteiger partial charge in [-0.2, -0.15) is 0 Å². The molecule has 0 unspecified atom stereocenters. The smallest absolute Gasteiger partial charge is 0.247 e. The summed E-state index contributed by atoms with van der Waals surface area (Å²) >= 11 is 1.82. The van der Waals surface area contributed by atoms with Gasteiger partial charge in [0.2, 0.25) is 7.29 Å². The third kappa shape index (κ3) is 4.51. The Labute approximate surface area is 189 Å². The average molecular weight is 462 g/mol. The minimum atomic E-state index is -3.25. The van der Waals surface area contributed by atoms with Crippen molar-refractivity contribution in [3.05, 3.63) is 121 Å². The molecular weight excluding hydrogens is 436 g/mol. The molecule has 0 atom stereocenters. The van der Waals surface area contributed by atoms with Crippen molar-refractivity contribution in [3.8, 4) is 0 Å². The van der Waals surface area contributed by atoms with Crippen molar-refractivity contribution in [2.75, 3.05) is 5.75 Å². The third-order valence-corrected chi connectivity index (χ3v) is 15.4. The van der Waals surface area contributed by atoms with Crippen molar-refractivity contribution in [2.45, 2.75) is 6.92 Å². The summed E-state index contributed by atoms with van der Waals surface area (Å²) in [6, 6.07) is 40.2. The lowest BCUT2D eigenvalue weighted by Crippen LogP contribution is -2.18. The van der Waals surface area contributed by atoms with Crippen LogP contribution in [-0.4, -0.2) is 5.75 Å². The Hall–Kier alpha value is -2.31. The SMILES string of the molecule is CCSP(=NP(=O)(c1ccccc1)c1ccccc1)(c1ccccc1)c1ccccc1. The summed E-state index contributed by atoms with van der Waals surface area (Å²) in [5, 5.41) is 3.82. The van der Waals surface area contributed by atoms with E-state index >= 15 is 0 Å². The Balaban J connectivity index is 2.12. The van der Waals surface area contributed by atoms with Gasteiger partial charge in [-0.05, 0) is 30.0 Å². The number of rotatable bonds is 7. The molecule has 5 heteroatoms. The monoisotopic (exact) mass is 461 g/mol. The number of hydrogen-bond donors (Lipinski definition) is 0. The van der Waals surface area contributed by atoms with E-state index in [0.717, 1.165) is 27.0 Å². The van der Waals surface area contributed by atoms with E-state index in [2.05, 4.69) is 55.5 Å². The minimum Gasteiger partial charge on any atom is -0.288 e. The van der Waals surface area contributed by atoms with Gasteiger partial charge in [0.15, 0.2) is 0 Å². The second-order valence-electron chi connectivity index (χ2n) is 7.00. The van der Waals surface area contributed by atoms with Crippen LogP contribution in [0.3, 0.4) is 0 Å². The summed E-state index contributed by atoms with van der Waals surface area (Å²) in [5.41, 5.74) is 0. The van der Waals surface area contributed by atoms with E-state index in [4.69, 9.17) is 4.52 Å². The fourth-order valence-electron chi connectivity index (χ4n) is 3.56. The summed E-state index contributed by atoms with van der Waals surface area (Å²) in [4.78, 5) is 0. The van der Waals surface area contributed by atoms with E-state index in [1.54, 1.807) is 0 Å². The van der Waals surface area contributed by atoms with Crippen LogP contribution in [0.1, 0.15) is 6.92 Å². The van der Waals surface area contributed by atoms with Crippen LogP contribution in [0.5, 0.6) is 0 Å². The first-order valence-electron chi connectivity index (χ1n) is 10.3. The lowest BCUT2D eigenvalue weighted by atomic mass is 10.4. The molecular formula is C26H25NOP2S. The van der Waals surface area contributed by atoms with Gasteiger partial charge in [-0.25, -0.2) is 4.52 Å². The Morgan fingerprint density at radius 1 is 0.581 bits per heavy atom. The van der Waals surface area contributed by atoms with Crippen molar-refractivity contribution in [3.63, 3.8) is 0 Å². The molecule has 0 aliphatic carbocycles. The number of nitrogens with zero attached hydrogens (tertiary/aromatic N) is 1. The third-order valence-electron chi connectivity index (χ3n) is 4.99. The zero-order valence-electron chi connectivity index (χ0n) is 17.4. The van der Waals surface area contributed by atoms with Crippen LogP contribution >= 0.6 is 24.9 Å². The lowest BCUT2D eigenvalue weighted by molar-refractivity contribution is 0.588. The highest BCUT2D eigenvalue weighted by atomic mass is 32.7. The van der Waals surface area contributed by atoms with Crippen LogP contribution in [0.15, 0.2) is 126 Å². The standard InChI is InChI=1S/C26H25NOP2S/c1-2-31-30(25-19-11-5-12-20-25,26-21-13-6-14-22-26)27-29(28,23-15-7-3-8-16-23)24-17-9-4-10-18-24/h3-22H,2H2,1H3. The molecule has 2 nitrogen and oxygen atoms in total. The largest absolute Gasteiger partial charge is 0.288 e. The Morgan fingerprint density at radius 3 is 1.23 bits per heavy atom. The first kappa shape index (κ1) is 21.9. The zero-order valence-corrected chi connectivity index (χ0v) is 20.0. The minimum absolute atomic E-state index is 0.772. The highest BCUT2D eigenvalue weighted by Crippen LogP contribution is 2.66. The zero-order chi connectivity index (χ0) is 21.6. The maximum Gasteiger partial charge on any atom is 0.247 e. The summed E-state index contributed by atoms with van der Waals surface area (Å²) in [5.74, 6) is 0.880. The Morgan fingerprint density at radius 2 is 0.903 bits per heavy atom. The second kappa shape index (κ2) is 9.88. The molecule has 0 heterocycles.